The van der Waals surface area contributed by atoms with Crippen LogP contribution in [0.25, 0.3) is 0 Å². The lowest BCUT2D eigenvalue weighted by molar-refractivity contribution is 0.000555. The van der Waals surface area contributed by atoms with E-state index in [1.807, 2.05) is 0 Å². The maximum atomic E-state index is 6.10. The van der Waals surface area contributed by atoms with Gasteiger partial charge in [-0.1, -0.05) is 46.0 Å². The van der Waals surface area contributed by atoms with Gasteiger partial charge in [0.2, 0.25) is 0 Å². The Morgan fingerprint density at radius 3 is 2.53 bits per heavy atom. The van der Waals surface area contributed by atoms with Gasteiger partial charge in [0.1, 0.15) is 0 Å². The molecule has 3 unspecified atom stereocenters. The van der Waals surface area contributed by atoms with Crippen LogP contribution < -0.4 is 5.73 Å². The van der Waals surface area contributed by atoms with Gasteiger partial charge in [-0.25, -0.2) is 0 Å². The molecule has 2 N–H and O–H groups in total. The van der Waals surface area contributed by atoms with Crippen molar-refractivity contribution < 1.29 is 4.74 Å². The molecule has 3 atom stereocenters. The normalized spacial score (nSPS) is 29.5. The number of nitrogens with two attached hydrogens (primary N) is 1. The molecule has 1 saturated carbocycles. The Balaban J connectivity index is 1.97. The Labute approximate surface area is 107 Å². The molecule has 0 aromatic rings. The van der Waals surface area contributed by atoms with Crippen LogP contribution in [0.2, 0.25) is 0 Å². The molecule has 0 aromatic heterocycles. The summed E-state index contributed by atoms with van der Waals surface area (Å²) in [6, 6.07) is 0.284. The maximum absolute atomic E-state index is 6.10. The number of hydrogen-bond donors (Lipinski definition) is 1. The standard InChI is InChI=1S/C15H31NO/c1-3-4-5-6-7-8-11-17-15-12-13(2)9-10-14(15)16/h13-15H,3-12,16H2,1-2H3. The zero-order valence-electron chi connectivity index (χ0n) is 11.8. The average Bonchev–Trinajstić information content (AvgIpc) is 2.32. The summed E-state index contributed by atoms with van der Waals surface area (Å²) in [6.07, 6.45) is 11.9. The largest absolute Gasteiger partial charge is 0.377 e. The third-order valence-corrected chi connectivity index (χ3v) is 3.93. The fraction of sp³-hybridized carbons (Fsp3) is 1.00. The molecule has 0 aliphatic heterocycles. The summed E-state index contributed by atoms with van der Waals surface area (Å²) < 4.78 is 5.95. The molecule has 0 aromatic carbocycles. The van der Waals surface area contributed by atoms with Gasteiger partial charge in [0.25, 0.3) is 0 Å². The first-order valence-electron chi connectivity index (χ1n) is 7.61. The molecule has 17 heavy (non-hydrogen) atoms. The summed E-state index contributed by atoms with van der Waals surface area (Å²) in [7, 11) is 0. The topological polar surface area (TPSA) is 35.2 Å². The van der Waals surface area contributed by atoms with E-state index in [1.54, 1.807) is 0 Å². The van der Waals surface area contributed by atoms with Crippen LogP contribution in [-0.2, 0) is 4.74 Å². The van der Waals surface area contributed by atoms with E-state index < -0.39 is 0 Å². The van der Waals surface area contributed by atoms with Gasteiger partial charge in [0.15, 0.2) is 0 Å². The fourth-order valence-electron chi connectivity index (χ4n) is 2.66. The van der Waals surface area contributed by atoms with Crippen LogP contribution in [0.1, 0.15) is 71.6 Å². The highest BCUT2D eigenvalue weighted by Crippen LogP contribution is 2.25. The molecule has 1 aliphatic carbocycles. The number of hydrogen-bond acceptors (Lipinski definition) is 2. The minimum atomic E-state index is 0.284. The van der Waals surface area contributed by atoms with Crippen LogP contribution in [0.3, 0.4) is 0 Å². The SMILES string of the molecule is CCCCCCCCOC1CC(C)CCC1N. The predicted octanol–water partition coefficient (Wildman–Crippen LogP) is 3.88. The highest BCUT2D eigenvalue weighted by Gasteiger charge is 2.26. The molecule has 102 valence electrons. The fourth-order valence-corrected chi connectivity index (χ4v) is 2.66. The van der Waals surface area contributed by atoms with Crippen molar-refractivity contribution in [2.24, 2.45) is 11.7 Å². The van der Waals surface area contributed by atoms with Crippen molar-refractivity contribution in [2.75, 3.05) is 6.61 Å². The van der Waals surface area contributed by atoms with Crippen LogP contribution in [-0.4, -0.2) is 18.8 Å². The minimum Gasteiger partial charge on any atom is -0.377 e. The number of rotatable bonds is 8. The molecule has 0 spiro atoms. The molecule has 0 heterocycles. The van der Waals surface area contributed by atoms with Gasteiger partial charge >= 0.3 is 0 Å². The van der Waals surface area contributed by atoms with E-state index in [-0.39, 0.29) is 6.04 Å². The van der Waals surface area contributed by atoms with Crippen molar-refractivity contribution in [3.05, 3.63) is 0 Å². The molecule has 0 radical (unpaired) electrons. The summed E-state index contributed by atoms with van der Waals surface area (Å²) in [5.41, 5.74) is 6.10. The van der Waals surface area contributed by atoms with Crippen molar-refractivity contribution in [2.45, 2.75) is 83.8 Å². The molecule has 2 heteroatoms. The average molecular weight is 241 g/mol. The molecule has 1 rings (SSSR count). The van der Waals surface area contributed by atoms with E-state index in [0.29, 0.717) is 6.10 Å². The third-order valence-electron chi connectivity index (χ3n) is 3.93. The lowest BCUT2D eigenvalue weighted by Gasteiger charge is -2.32. The van der Waals surface area contributed by atoms with E-state index in [0.717, 1.165) is 25.4 Å². The molecule has 1 aliphatic rings. The predicted molar refractivity (Wildman–Crippen MR) is 74.1 cm³/mol. The van der Waals surface area contributed by atoms with E-state index in [1.165, 1.54) is 44.9 Å². The summed E-state index contributed by atoms with van der Waals surface area (Å²) in [4.78, 5) is 0. The van der Waals surface area contributed by atoms with Crippen LogP contribution in [0.5, 0.6) is 0 Å². The first-order chi connectivity index (χ1) is 8.24. The summed E-state index contributed by atoms with van der Waals surface area (Å²) in [6.45, 7) is 5.49. The molecule has 0 saturated heterocycles. The van der Waals surface area contributed by atoms with Gasteiger partial charge < -0.3 is 10.5 Å². The molecule has 0 bridgehead atoms. The van der Waals surface area contributed by atoms with Crippen molar-refractivity contribution in [3.8, 4) is 0 Å². The monoisotopic (exact) mass is 241 g/mol. The Hall–Kier alpha value is -0.0800. The quantitative estimate of drug-likeness (QED) is 0.655. The molecule has 2 nitrogen and oxygen atoms in total. The second-order valence-electron chi connectivity index (χ2n) is 5.76. The Morgan fingerprint density at radius 2 is 1.76 bits per heavy atom. The van der Waals surface area contributed by atoms with E-state index >= 15 is 0 Å². The maximum Gasteiger partial charge on any atom is 0.0728 e. The van der Waals surface area contributed by atoms with Crippen molar-refractivity contribution in [3.63, 3.8) is 0 Å². The van der Waals surface area contributed by atoms with E-state index in [4.69, 9.17) is 10.5 Å². The lowest BCUT2D eigenvalue weighted by atomic mass is 9.85. The van der Waals surface area contributed by atoms with Crippen LogP contribution in [0, 0.1) is 5.92 Å². The van der Waals surface area contributed by atoms with Gasteiger partial charge in [-0.05, 0) is 31.6 Å². The van der Waals surface area contributed by atoms with Crippen molar-refractivity contribution in [1.29, 1.82) is 0 Å². The highest BCUT2D eigenvalue weighted by atomic mass is 16.5. The van der Waals surface area contributed by atoms with Crippen LogP contribution in [0.15, 0.2) is 0 Å². The molecule has 1 fully saturated rings. The zero-order chi connectivity index (χ0) is 12.5. The van der Waals surface area contributed by atoms with Gasteiger partial charge in [-0.15, -0.1) is 0 Å². The second-order valence-corrected chi connectivity index (χ2v) is 5.76. The number of ether oxygens (including phenoxy) is 1. The third kappa shape index (κ3) is 6.42. The Kier molecular flexibility index (Phi) is 7.87. The smallest absolute Gasteiger partial charge is 0.0728 e. The molecule has 0 amide bonds. The van der Waals surface area contributed by atoms with Crippen LogP contribution in [0.4, 0.5) is 0 Å². The van der Waals surface area contributed by atoms with E-state index in [9.17, 15) is 0 Å². The van der Waals surface area contributed by atoms with Gasteiger partial charge in [-0.3, -0.25) is 0 Å². The van der Waals surface area contributed by atoms with Crippen molar-refractivity contribution in [1.82, 2.24) is 0 Å². The van der Waals surface area contributed by atoms with Crippen molar-refractivity contribution >= 4 is 0 Å². The lowest BCUT2D eigenvalue weighted by Crippen LogP contribution is -2.41. The van der Waals surface area contributed by atoms with Gasteiger partial charge in [0.05, 0.1) is 6.10 Å². The van der Waals surface area contributed by atoms with Gasteiger partial charge in [-0.2, -0.15) is 0 Å². The Morgan fingerprint density at radius 1 is 1.06 bits per heavy atom. The first-order valence-corrected chi connectivity index (χ1v) is 7.61. The number of unbranched alkanes of at least 4 members (excludes halogenated alkanes) is 5. The Bertz CT molecular complexity index is 184. The molecular weight excluding hydrogens is 210 g/mol. The minimum absolute atomic E-state index is 0.284. The highest BCUT2D eigenvalue weighted by molar-refractivity contribution is 4.81. The summed E-state index contributed by atoms with van der Waals surface area (Å²) >= 11 is 0. The summed E-state index contributed by atoms with van der Waals surface area (Å²) in [5.74, 6) is 0.796. The van der Waals surface area contributed by atoms with E-state index in [2.05, 4.69) is 13.8 Å². The summed E-state index contributed by atoms with van der Waals surface area (Å²) in [5, 5.41) is 0. The first kappa shape index (κ1) is 15.0. The molecular formula is C15H31NO. The van der Waals surface area contributed by atoms with Gasteiger partial charge in [0, 0.05) is 12.6 Å². The zero-order valence-corrected chi connectivity index (χ0v) is 11.8. The van der Waals surface area contributed by atoms with Crippen LogP contribution >= 0.6 is 0 Å². The second kappa shape index (κ2) is 8.93.